The first-order valence-corrected chi connectivity index (χ1v) is 6.33. The fourth-order valence-electron chi connectivity index (χ4n) is 2.13. The Morgan fingerprint density at radius 2 is 2.12 bits per heavy atom. The summed E-state index contributed by atoms with van der Waals surface area (Å²) < 4.78 is 41.7. The SMILES string of the molecule is Fc1ccc(Br)c(F)c1CC1(F)CCCNC1. The lowest BCUT2D eigenvalue weighted by Crippen LogP contribution is -2.44. The molecule has 0 spiro atoms. The average Bonchev–Trinajstić information content (AvgIpc) is 2.31. The standard InChI is InChI=1S/C12H13BrF3N/c13-9-2-3-10(14)8(11(9)15)6-12(16)4-1-5-17-7-12/h2-3,17H,1,4-7H2. The Morgan fingerprint density at radius 3 is 2.76 bits per heavy atom. The van der Waals surface area contributed by atoms with Gasteiger partial charge in [0.15, 0.2) is 0 Å². The Hall–Kier alpha value is -0.550. The summed E-state index contributed by atoms with van der Waals surface area (Å²) in [5.74, 6) is -1.39. The van der Waals surface area contributed by atoms with Crippen LogP contribution in [0.1, 0.15) is 18.4 Å². The van der Waals surface area contributed by atoms with Gasteiger partial charge in [-0.05, 0) is 47.4 Å². The maximum absolute atomic E-state index is 14.3. The number of hydrogen-bond donors (Lipinski definition) is 1. The molecule has 1 heterocycles. The molecule has 1 atom stereocenters. The Bertz CT molecular complexity index is 416. The van der Waals surface area contributed by atoms with E-state index >= 15 is 0 Å². The molecular formula is C12H13BrF3N. The first-order valence-electron chi connectivity index (χ1n) is 5.54. The molecule has 2 rings (SSSR count). The predicted octanol–water partition coefficient (Wildman–Crippen LogP) is 3.36. The molecule has 0 aromatic heterocycles. The number of benzene rings is 1. The predicted molar refractivity (Wildman–Crippen MR) is 63.7 cm³/mol. The summed E-state index contributed by atoms with van der Waals surface area (Å²) in [6, 6.07) is 2.44. The van der Waals surface area contributed by atoms with Crippen LogP contribution in [0.4, 0.5) is 13.2 Å². The maximum atomic E-state index is 14.3. The first kappa shape index (κ1) is 12.9. The van der Waals surface area contributed by atoms with Crippen molar-refractivity contribution in [2.45, 2.75) is 24.9 Å². The Kier molecular flexibility index (Phi) is 3.78. The van der Waals surface area contributed by atoms with Crippen molar-refractivity contribution in [3.63, 3.8) is 0 Å². The molecule has 0 aliphatic carbocycles. The molecule has 94 valence electrons. The third-order valence-electron chi connectivity index (χ3n) is 3.05. The molecule has 1 aliphatic heterocycles. The van der Waals surface area contributed by atoms with E-state index < -0.39 is 17.3 Å². The normalized spacial score (nSPS) is 24.9. The lowest BCUT2D eigenvalue weighted by Gasteiger charge is -2.30. The van der Waals surface area contributed by atoms with Gasteiger partial charge in [0.25, 0.3) is 0 Å². The molecule has 1 N–H and O–H groups in total. The molecule has 0 radical (unpaired) electrons. The summed E-state index contributed by atoms with van der Waals surface area (Å²) in [5, 5.41) is 2.92. The van der Waals surface area contributed by atoms with E-state index in [4.69, 9.17) is 0 Å². The minimum atomic E-state index is -1.55. The Labute approximate surface area is 107 Å². The fraction of sp³-hybridized carbons (Fsp3) is 0.500. The van der Waals surface area contributed by atoms with E-state index in [-0.39, 0.29) is 23.0 Å². The zero-order valence-corrected chi connectivity index (χ0v) is 10.8. The van der Waals surface area contributed by atoms with Crippen molar-refractivity contribution in [2.75, 3.05) is 13.1 Å². The number of piperidine rings is 1. The van der Waals surface area contributed by atoms with Gasteiger partial charge in [-0.2, -0.15) is 0 Å². The van der Waals surface area contributed by atoms with Gasteiger partial charge >= 0.3 is 0 Å². The molecule has 1 saturated heterocycles. The summed E-state index contributed by atoms with van der Waals surface area (Å²) in [6.07, 6.45) is 0.802. The van der Waals surface area contributed by atoms with Crippen LogP contribution in [-0.2, 0) is 6.42 Å². The third kappa shape index (κ3) is 2.83. The van der Waals surface area contributed by atoms with Crippen LogP contribution >= 0.6 is 15.9 Å². The molecule has 1 aromatic carbocycles. The molecule has 5 heteroatoms. The topological polar surface area (TPSA) is 12.0 Å². The van der Waals surface area contributed by atoms with Gasteiger partial charge in [-0.3, -0.25) is 0 Å². The maximum Gasteiger partial charge on any atom is 0.143 e. The van der Waals surface area contributed by atoms with Crippen molar-refractivity contribution in [3.05, 3.63) is 33.8 Å². The second-order valence-corrected chi connectivity index (χ2v) is 5.28. The van der Waals surface area contributed by atoms with Crippen LogP contribution in [0.15, 0.2) is 16.6 Å². The van der Waals surface area contributed by atoms with Crippen molar-refractivity contribution in [2.24, 2.45) is 0 Å². The minimum Gasteiger partial charge on any atom is -0.314 e. The molecule has 1 unspecified atom stereocenters. The summed E-state index contributed by atoms with van der Waals surface area (Å²) in [4.78, 5) is 0. The van der Waals surface area contributed by atoms with Crippen molar-refractivity contribution < 1.29 is 13.2 Å². The highest BCUT2D eigenvalue weighted by molar-refractivity contribution is 9.10. The quantitative estimate of drug-likeness (QED) is 0.826. The Morgan fingerprint density at radius 1 is 1.35 bits per heavy atom. The number of alkyl halides is 1. The van der Waals surface area contributed by atoms with Crippen LogP contribution in [0.3, 0.4) is 0 Å². The number of halogens is 4. The van der Waals surface area contributed by atoms with Crippen molar-refractivity contribution in [3.8, 4) is 0 Å². The highest BCUT2D eigenvalue weighted by atomic mass is 79.9. The van der Waals surface area contributed by atoms with Gasteiger partial charge in [-0.1, -0.05) is 0 Å². The molecule has 0 bridgehead atoms. The van der Waals surface area contributed by atoms with E-state index in [1.54, 1.807) is 0 Å². The molecule has 1 aromatic rings. The van der Waals surface area contributed by atoms with Crippen molar-refractivity contribution in [1.29, 1.82) is 0 Å². The fourth-order valence-corrected chi connectivity index (χ4v) is 2.50. The van der Waals surface area contributed by atoms with Crippen LogP contribution < -0.4 is 5.32 Å². The molecule has 17 heavy (non-hydrogen) atoms. The number of rotatable bonds is 2. The average molecular weight is 308 g/mol. The van der Waals surface area contributed by atoms with Crippen LogP contribution in [0.2, 0.25) is 0 Å². The van der Waals surface area contributed by atoms with Crippen molar-refractivity contribution >= 4 is 15.9 Å². The van der Waals surface area contributed by atoms with Gasteiger partial charge in [-0.25, -0.2) is 13.2 Å². The largest absolute Gasteiger partial charge is 0.314 e. The summed E-state index contributed by atoms with van der Waals surface area (Å²) in [6.45, 7) is 0.910. The van der Waals surface area contributed by atoms with Gasteiger partial charge < -0.3 is 5.32 Å². The monoisotopic (exact) mass is 307 g/mol. The third-order valence-corrected chi connectivity index (χ3v) is 3.67. The summed E-state index contributed by atoms with van der Waals surface area (Å²) in [7, 11) is 0. The zero-order valence-electron chi connectivity index (χ0n) is 9.20. The zero-order chi connectivity index (χ0) is 12.5. The molecule has 0 saturated carbocycles. The van der Waals surface area contributed by atoms with E-state index in [1.807, 2.05) is 0 Å². The second kappa shape index (κ2) is 4.98. The minimum absolute atomic E-state index is 0.151. The van der Waals surface area contributed by atoms with Gasteiger partial charge in [0.1, 0.15) is 17.3 Å². The van der Waals surface area contributed by atoms with E-state index in [2.05, 4.69) is 21.2 Å². The van der Waals surface area contributed by atoms with E-state index in [0.717, 1.165) is 12.6 Å². The van der Waals surface area contributed by atoms with E-state index in [1.165, 1.54) is 6.07 Å². The molecule has 1 nitrogen and oxygen atoms in total. The highest BCUT2D eigenvalue weighted by Gasteiger charge is 2.34. The van der Waals surface area contributed by atoms with Crippen LogP contribution in [-0.4, -0.2) is 18.8 Å². The smallest absolute Gasteiger partial charge is 0.143 e. The Balaban J connectivity index is 2.26. The van der Waals surface area contributed by atoms with Crippen molar-refractivity contribution in [1.82, 2.24) is 5.32 Å². The summed E-state index contributed by atoms with van der Waals surface area (Å²) >= 11 is 2.98. The van der Waals surface area contributed by atoms with Crippen LogP contribution in [0.25, 0.3) is 0 Å². The molecular weight excluding hydrogens is 295 g/mol. The molecule has 1 fully saturated rings. The first-order chi connectivity index (χ1) is 8.02. The van der Waals surface area contributed by atoms with E-state index in [9.17, 15) is 13.2 Å². The van der Waals surface area contributed by atoms with Crippen LogP contribution in [0.5, 0.6) is 0 Å². The lowest BCUT2D eigenvalue weighted by molar-refractivity contribution is 0.120. The number of nitrogens with one attached hydrogen (secondary N) is 1. The lowest BCUT2D eigenvalue weighted by atomic mass is 9.89. The van der Waals surface area contributed by atoms with Gasteiger partial charge in [-0.15, -0.1) is 0 Å². The summed E-state index contributed by atoms with van der Waals surface area (Å²) in [5.41, 5.74) is -1.73. The second-order valence-electron chi connectivity index (χ2n) is 4.43. The van der Waals surface area contributed by atoms with Gasteiger partial charge in [0.05, 0.1) is 4.47 Å². The highest BCUT2D eigenvalue weighted by Crippen LogP contribution is 2.30. The molecule has 0 amide bonds. The van der Waals surface area contributed by atoms with Gasteiger partial charge in [0.2, 0.25) is 0 Å². The van der Waals surface area contributed by atoms with Crippen LogP contribution in [0, 0.1) is 11.6 Å². The van der Waals surface area contributed by atoms with Gasteiger partial charge in [0, 0.05) is 18.5 Å². The van der Waals surface area contributed by atoms with E-state index in [0.29, 0.717) is 12.8 Å². The molecule has 1 aliphatic rings. The number of hydrogen-bond acceptors (Lipinski definition) is 1.